The Kier molecular flexibility index (Phi) is 4.97. The summed E-state index contributed by atoms with van der Waals surface area (Å²) >= 11 is 9.52. The van der Waals surface area contributed by atoms with Crippen LogP contribution in [-0.2, 0) is 6.54 Å². The summed E-state index contributed by atoms with van der Waals surface area (Å²) in [7, 11) is 0. The van der Waals surface area contributed by atoms with Crippen molar-refractivity contribution in [3.05, 3.63) is 68.9 Å². The van der Waals surface area contributed by atoms with Crippen molar-refractivity contribution in [2.45, 2.75) is 19.5 Å². The van der Waals surface area contributed by atoms with Crippen LogP contribution in [0.4, 0.5) is 4.39 Å². The van der Waals surface area contributed by atoms with E-state index in [1.807, 2.05) is 24.3 Å². The van der Waals surface area contributed by atoms with Gasteiger partial charge in [0.1, 0.15) is 5.82 Å². The summed E-state index contributed by atoms with van der Waals surface area (Å²) in [5, 5.41) is 4.13. The first-order valence-electron chi connectivity index (χ1n) is 5.99. The van der Waals surface area contributed by atoms with Gasteiger partial charge >= 0.3 is 0 Å². The van der Waals surface area contributed by atoms with Crippen molar-refractivity contribution in [3.63, 3.8) is 0 Å². The van der Waals surface area contributed by atoms with Crippen LogP contribution in [0.25, 0.3) is 0 Å². The SMILES string of the molecule is C[C@H](NCc1ccc(F)cc1Br)c1ccccc1Cl. The Hall–Kier alpha value is -0.900. The second-order valence-electron chi connectivity index (χ2n) is 4.36. The smallest absolute Gasteiger partial charge is 0.124 e. The molecule has 0 radical (unpaired) electrons. The van der Waals surface area contributed by atoms with E-state index in [-0.39, 0.29) is 11.9 Å². The van der Waals surface area contributed by atoms with Gasteiger partial charge in [-0.1, -0.05) is 51.8 Å². The molecule has 0 amide bonds. The Morgan fingerprint density at radius 2 is 2.00 bits per heavy atom. The maximum Gasteiger partial charge on any atom is 0.124 e. The van der Waals surface area contributed by atoms with E-state index >= 15 is 0 Å². The standard InChI is InChI=1S/C15H14BrClFN/c1-10(13-4-2-3-5-15(13)17)19-9-11-6-7-12(18)8-14(11)16/h2-8,10,19H,9H2,1H3/t10-/m0/s1. The van der Waals surface area contributed by atoms with Gasteiger partial charge in [0.05, 0.1) is 0 Å². The molecule has 0 aliphatic heterocycles. The highest BCUT2D eigenvalue weighted by molar-refractivity contribution is 9.10. The third kappa shape index (κ3) is 3.78. The minimum atomic E-state index is -0.241. The third-order valence-electron chi connectivity index (χ3n) is 2.99. The predicted octanol–water partition coefficient (Wildman–Crippen LogP) is 5.09. The molecule has 0 spiro atoms. The number of hydrogen-bond donors (Lipinski definition) is 1. The molecule has 0 bridgehead atoms. The molecule has 0 saturated carbocycles. The highest BCUT2D eigenvalue weighted by atomic mass is 79.9. The second-order valence-corrected chi connectivity index (χ2v) is 5.62. The fourth-order valence-electron chi connectivity index (χ4n) is 1.86. The van der Waals surface area contributed by atoms with Crippen molar-refractivity contribution in [3.8, 4) is 0 Å². The molecule has 1 N–H and O–H groups in total. The number of halogens is 3. The average molecular weight is 343 g/mol. The first-order valence-corrected chi connectivity index (χ1v) is 7.17. The van der Waals surface area contributed by atoms with Gasteiger partial charge in [0.25, 0.3) is 0 Å². The molecule has 0 unspecified atom stereocenters. The van der Waals surface area contributed by atoms with Gasteiger partial charge < -0.3 is 5.32 Å². The van der Waals surface area contributed by atoms with Gasteiger partial charge in [0.15, 0.2) is 0 Å². The lowest BCUT2D eigenvalue weighted by Crippen LogP contribution is -2.18. The van der Waals surface area contributed by atoms with Crippen molar-refractivity contribution in [2.75, 3.05) is 0 Å². The summed E-state index contributed by atoms with van der Waals surface area (Å²) < 4.78 is 13.8. The van der Waals surface area contributed by atoms with Crippen LogP contribution in [0.1, 0.15) is 24.1 Å². The van der Waals surface area contributed by atoms with Crippen molar-refractivity contribution < 1.29 is 4.39 Å². The summed E-state index contributed by atoms with van der Waals surface area (Å²) in [6.07, 6.45) is 0. The lowest BCUT2D eigenvalue weighted by atomic mass is 10.1. The summed E-state index contributed by atoms with van der Waals surface area (Å²) in [6, 6.07) is 12.6. The average Bonchev–Trinajstić information content (AvgIpc) is 2.38. The van der Waals surface area contributed by atoms with Gasteiger partial charge in [-0.05, 0) is 36.2 Å². The fraction of sp³-hybridized carbons (Fsp3) is 0.200. The van der Waals surface area contributed by atoms with Crippen LogP contribution < -0.4 is 5.32 Å². The lowest BCUT2D eigenvalue weighted by Gasteiger charge is -2.16. The van der Waals surface area contributed by atoms with E-state index in [0.717, 1.165) is 20.6 Å². The zero-order chi connectivity index (χ0) is 13.8. The van der Waals surface area contributed by atoms with E-state index in [1.165, 1.54) is 12.1 Å². The normalized spacial score (nSPS) is 12.4. The fourth-order valence-corrected chi connectivity index (χ4v) is 2.65. The molecule has 1 atom stereocenters. The summed E-state index contributed by atoms with van der Waals surface area (Å²) in [6.45, 7) is 2.70. The molecule has 100 valence electrons. The van der Waals surface area contributed by atoms with Crippen LogP contribution in [0.15, 0.2) is 46.9 Å². The number of benzene rings is 2. The Labute approximate surface area is 125 Å². The van der Waals surface area contributed by atoms with E-state index in [9.17, 15) is 4.39 Å². The van der Waals surface area contributed by atoms with Crippen LogP contribution in [-0.4, -0.2) is 0 Å². The first-order chi connectivity index (χ1) is 9.08. The molecular weight excluding hydrogens is 329 g/mol. The quantitative estimate of drug-likeness (QED) is 0.816. The zero-order valence-corrected chi connectivity index (χ0v) is 12.8. The highest BCUT2D eigenvalue weighted by Gasteiger charge is 2.09. The van der Waals surface area contributed by atoms with Crippen LogP contribution >= 0.6 is 27.5 Å². The highest BCUT2D eigenvalue weighted by Crippen LogP contribution is 2.23. The minimum Gasteiger partial charge on any atom is -0.306 e. The summed E-state index contributed by atoms with van der Waals surface area (Å²) in [5.41, 5.74) is 2.07. The Morgan fingerprint density at radius 3 is 2.68 bits per heavy atom. The van der Waals surface area contributed by atoms with Gasteiger partial charge in [-0.2, -0.15) is 0 Å². The lowest BCUT2D eigenvalue weighted by molar-refractivity contribution is 0.571. The molecule has 0 aromatic heterocycles. The molecule has 0 aliphatic carbocycles. The largest absolute Gasteiger partial charge is 0.306 e. The van der Waals surface area contributed by atoms with E-state index in [0.29, 0.717) is 6.54 Å². The molecule has 0 aliphatic rings. The molecule has 1 nitrogen and oxygen atoms in total. The molecule has 2 aromatic rings. The van der Waals surface area contributed by atoms with Crippen LogP contribution in [0.5, 0.6) is 0 Å². The first kappa shape index (κ1) is 14.5. The van der Waals surface area contributed by atoms with Gasteiger partial charge in [0.2, 0.25) is 0 Å². The van der Waals surface area contributed by atoms with Crippen molar-refractivity contribution in [2.24, 2.45) is 0 Å². The van der Waals surface area contributed by atoms with Crippen molar-refractivity contribution >= 4 is 27.5 Å². The zero-order valence-electron chi connectivity index (χ0n) is 10.5. The van der Waals surface area contributed by atoms with Gasteiger partial charge in [-0.15, -0.1) is 0 Å². The Bertz CT molecular complexity index is 574. The molecular formula is C15H14BrClFN. The minimum absolute atomic E-state index is 0.130. The molecule has 19 heavy (non-hydrogen) atoms. The van der Waals surface area contributed by atoms with Crippen LogP contribution in [0.2, 0.25) is 5.02 Å². The van der Waals surface area contributed by atoms with Gasteiger partial charge in [0, 0.05) is 22.1 Å². The van der Waals surface area contributed by atoms with Gasteiger partial charge in [-0.3, -0.25) is 0 Å². The molecule has 2 rings (SSSR count). The van der Waals surface area contributed by atoms with Crippen LogP contribution in [0, 0.1) is 5.82 Å². The summed E-state index contributed by atoms with van der Waals surface area (Å²) in [4.78, 5) is 0. The second kappa shape index (κ2) is 6.51. The maximum absolute atomic E-state index is 13.0. The molecule has 0 saturated heterocycles. The monoisotopic (exact) mass is 341 g/mol. The Balaban J connectivity index is 2.04. The third-order valence-corrected chi connectivity index (χ3v) is 4.07. The van der Waals surface area contributed by atoms with E-state index in [1.54, 1.807) is 6.07 Å². The number of hydrogen-bond acceptors (Lipinski definition) is 1. The van der Waals surface area contributed by atoms with Crippen LogP contribution in [0.3, 0.4) is 0 Å². The topological polar surface area (TPSA) is 12.0 Å². The number of nitrogens with one attached hydrogen (secondary N) is 1. The molecule has 0 fully saturated rings. The molecule has 4 heteroatoms. The maximum atomic E-state index is 13.0. The van der Waals surface area contributed by atoms with Crippen molar-refractivity contribution in [1.29, 1.82) is 0 Å². The molecule has 2 aromatic carbocycles. The van der Waals surface area contributed by atoms with E-state index in [4.69, 9.17) is 11.6 Å². The predicted molar refractivity (Wildman–Crippen MR) is 80.8 cm³/mol. The van der Waals surface area contributed by atoms with E-state index < -0.39 is 0 Å². The molecule has 0 heterocycles. The number of rotatable bonds is 4. The van der Waals surface area contributed by atoms with Crippen molar-refractivity contribution in [1.82, 2.24) is 5.32 Å². The van der Waals surface area contributed by atoms with Gasteiger partial charge in [-0.25, -0.2) is 4.39 Å². The van der Waals surface area contributed by atoms with E-state index in [2.05, 4.69) is 28.2 Å². The summed E-state index contributed by atoms with van der Waals surface area (Å²) in [5.74, 6) is -0.241. The Morgan fingerprint density at radius 1 is 1.26 bits per heavy atom.